The Balaban J connectivity index is 1.72. The van der Waals surface area contributed by atoms with Gasteiger partial charge in [-0.1, -0.05) is 54.6 Å². The summed E-state index contributed by atoms with van der Waals surface area (Å²) in [5.41, 5.74) is 3.59. The van der Waals surface area contributed by atoms with Gasteiger partial charge in [-0.05, 0) is 47.9 Å². The van der Waals surface area contributed by atoms with Gasteiger partial charge in [0.25, 0.3) is 0 Å². The second-order valence-corrected chi connectivity index (χ2v) is 6.59. The fraction of sp³-hybridized carbons (Fsp3) is 0.174. The van der Waals surface area contributed by atoms with Gasteiger partial charge < -0.3 is 10.1 Å². The van der Waals surface area contributed by atoms with E-state index in [4.69, 9.17) is 0 Å². The van der Waals surface area contributed by atoms with Crippen molar-refractivity contribution in [3.63, 3.8) is 0 Å². The van der Waals surface area contributed by atoms with Crippen LogP contribution in [0.25, 0.3) is 0 Å². The fourth-order valence-electron chi connectivity index (χ4n) is 3.04. The molecular formula is C23H22F2N2O2. The van der Waals surface area contributed by atoms with Crippen LogP contribution in [0, 0.1) is 6.92 Å². The van der Waals surface area contributed by atoms with Crippen molar-refractivity contribution >= 4 is 11.6 Å². The lowest BCUT2D eigenvalue weighted by Gasteiger charge is -2.20. The molecule has 0 heterocycles. The number of rotatable bonds is 8. The van der Waals surface area contributed by atoms with Crippen molar-refractivity contribution in [3.05, 3.63) is 95.6 Å². The molecule has 0 spiro atoms. The maximum atomic E-state index is 12.4. The summed E-state index contributed by atoms with van der Waals surface area (Å²) < 4.78 is 29.2. The van der Waals surface area contributed by atoms with Crippen LogP contribution in [0.15, 0.2) is 78.9 Å². The van der Waals surface area contributed by atoms with Gasteiger partial charge in [0.05, 0.1) is 12.6 Å². The largest absolute Gasteiger partial charge is 0.435 e. The van der Waals surface area contributed by atoms with Crippen LogP contribution in [-0.4, -0.2) is 19.1 Å². The molecule has 29 heavy (non-hydrogen) atoms. The van der Waals surface area contributed by atoms with Crippen molar-refractivity contribution in [1.82, 2.24) is 5.32 Å². The first-order chi connectivity index (χ1) is 14.0. The number of amides is 1. The Morgan fingerprint density at radius 2 is 1.62 bits per heavy atom. The van der Waals surface area contributed by atoms with Gasteiger partial charge >= 0.3 is 6.61 Å². The van der Waals surface area contributed by atoms with Crippen LogP contribution < -0.4 is 15.4 Å². The Bertz CT molecular complexity index is 931. The lowest BCUT2D eigenvalue weighted by atomic mass is 9.98. The lowest BCUT2D eigenvalue weighted by Crippen LogP contribution is -2.31. The lowest BCUT2D eigenvalue weighted by molar-refractivity contribution is -0.115. The molecule has 3 aromatic rings. The number of carbonyl (C=O) groups excluding carboxylic acids is 1. The van der Waals surface area contributed by atoms with Crippen molar-refractivity contribution in [2.45, 2.75) is 19.6 Å². The molecule has 0 aliphatic rings. The van der Waals surface area contributed by atoms with Crippen LogP contribution in [0.4, 0.5) is 14.5 Å². The summed E-state index contributed by atoms with van der Waals surface area (Å²) in [6, 6.07) is 23.3. The highest BCUT2D eigenvalue weighted by Crippen LogP contribution is 2.24. The maximum Gasteiger partial charge on any atom is 0.387 e. The highest BCUT2D eigenvalue weighted by molar-refractivity contribution is 5.92. The van der Waals surface area contributed by atoms with Crippen molar-refractivity contribution < 1.29 is 18.3 Å². The number of halogens is 2. The van der Waals surface area contributed by atoms with Crippen LogP contribution in [0.1, 0.15) is 22.7 Å². The number of benzene rings is 3. The molecular weight excluding hydrogens is 374 g/mol. The molecule has 0 aromatic heterocycles. The van der Waals surface area contributed by atoms with E-state index in [1.54, 1.807) is 12.1 Å². The Hall–Kier alpha value is -3.25. The molecule has 1 amide bonds. The molecule has 0 unspecified atom stereocenters. The molecule has 3 rings (SSSR count). The van der Waals surface area contributed by atoms with Crippen LogP contribution in [0.3, 0.4) is 0 Å². The molecule has 0 bridgehead atoms. The molecule has 0 fully saturated rings. The molecule has 0 aliphatic carbocycles. The Labute approximate surface area is 168 Å². The van der Waals surface area contributed by atoms with E-state index < -0.39 is 6.61 Å². The molecule has 1 atom stereocenters. The van der Waals surface area contributed by atoms with Gasteiger partial charge in [-0.2, -0.15) is 8.78 Å². The van der Waals surface area contributed by atoms with Gasteiger partial charge in [-0.3, -0.25) is 10.1 Å². The number of hydrogen-bond donors (Lipinski definition) is 2. The van der Waals surface area contributed by atoms with Gasteiger partial charge in [0.15, 0.2) is 0 Å². The van der Waals surface area contributed by atoms with Gasteiger partial charge in [0.1, 0.15) is 5.75 Å². The van der Waals surface area contributed by atoms with E-state index in [2.05, 4.69) is 15.4 Å². The highest BCUT2D eigenvalue weighted by Gasteiger charge is 2.16. The quantitative estimate of drug-likeness (QED) is 0.569. The summed E-state index contributed by atoms with van der Waals surface area (Å²) >= 11 is 0. The number of aryl methyl sites for hydroxylation is 1. The predicted octanol–water partition coefficient (Wildman–Crippen LogP) is 4.91. The molecule has 150 valence electrons. The minimum Gasteiger partial charge on any atom is -0.435 e. The third-order valence-electron chi connectivity index (χ3n) is 4.34. The molecule has 2 N–H and O–H groups in total. The zero-order valence-electron chi connectivity index (χ0n) is 15.9. The molecule has 4 nitrogen and oxygen atoms in total. The minimum absolute atomic E-state index is 0.0861. The van der Waals surface area contributed by atoms with Gasteiger partial charge in [-0.15, -0.1) is 0 Å². The van der Waals surface area contributed by atoms with E-state index in [0.29, 0.717) is 0 Å². The number of hydrogen-bond acceptors (Lipinski definition) is 3. The molecule has 6 heteroatoms. The van der Waals surface area contributed by atoms with Crippen LogP contribution >= 0.6 is 0 Å². The summed E-state index contributed by atoms with van der Waals surface area (Å²) in [4.78, 5) is 12.4. The number of ether oxygens (including phenoxy) is 1. The van der Waals surface area contributed by atoms with E-state index >= 15 is 0 Å². The minimum atomic E-state index is -2.87. The monoisotopic (exact) mass is 396 g/mol. The number of alkyl halides is 2. The second kappa shape index (κ2) is 9.80. The van der Waals surface area contributed by atoms with Crippen LogP contribution in [-0.2, 0) is 4.79 Å². The van der Waals surface area contributed by atoms with E-state index in [0.717, 1.165) is 22.4 Å². The van der Waals surface area contributed by atoms with Gasteiger partial charge in [0, 0.05) is 5.69 Å². The summed E-state index contributed by atoms with van der Waals surface area (Å²) in [5, 5.41) is 6.11. The maximum absolute atomic E-state index is 12.4. The van der Waals surface area contributed by atoms with Crippen molar-refractivity contribution in [2.75, 3.05) is 11.9 Å². The fourth-order valence-corrected chi connectivity index (χ4v) is 3.04. The third kappa shape index (κ3) is 6.12. The Kier molecular flexibility index (Phi) is 6.92. The predicted molar refractivity (Wildman–Crippen MR) is 109 cm³/mol. The van der Waals surface area contributed by atoms with E-state index in [-0.39, 0.29) is 24.2 Å². The summed E-state index contributed by atoms with van der Waals surface area (Å²) in [7, 11) is 0. The zero-order valence-corrected chi connectivity index (χ0v) is 15.9. The average Bonchev–Trinajstić information content (AvgIpc) is 2.70. The van der Waals surface area contributed by atoms with Gasteiger partial charge in [0.2, 0.25) is 5.91 Å². The first-order valence-electron chi connectivity index (χ1n) is 9.21. The summed E-state index contributed by atoms with van der Waals surface area (Å²) in [6.45, 7) is -0.821. The zero-order chi connectivity index (χ0) is 20.6. The SMILES string of the molecule is Cc1cccc(NC(=O)CN[C@@H](c2ccccc2)c2ccc(OC(F)F)cc2)c1. The molecule has 0 radical (unpaired) electrons. The second-order valence-electron chi connectivity index (χ2n) is 6.59. The van der Waals surface area contributed by atoms with Crippen LogP contribution in [0.5, 0.6) is 5.75 Å². The topological polar surface area (TPSA) is 50.4 Å². The highest BCUT2D eigenvalue weighted by atomic mass is 19.3. The number of nitrogens with one attached hydrogen (secondary N) is 2. The molecule has 0 saturated carbocycles. The van der Waals surface area contributed by atoms with Crippen LogP contribution in [0.2, 0.25) is 0 Å². The number of carbonyl (C=O) groups is 1. The first-order valence-corrected chi connectivity index (χ1v) is 9.21. The molecule has 3 aromatic carbocycles. The standard InChI is InChI=1S/C23H22F2N2O2/c1-16-6-5-9-19(14-16)27-21(28)15-26-22(17-7-3-2-4-8-17)18-10-12-20(13-11-18)29-23(24)25/h2-14,22-23,26H,15H2,1H3,(H,27,28)/t22-/m0/s1. The van der Waals surface area contributed by atoms with Crippen molar-refractivity contribution in [2.24, 2.45) is 0 Å². The smallest absolute Gasteiger partial charge is 0.387 e. The number of anilines is 1. The van der Waals surface area contributed by atoms with E-state index in [1.807, 2.05) is 61.5 Å². The Morgan fingerprint density at radius 1 is 0.931 bits per heavy atom. The third-order valence-corrected chi connectivity index (χ3v) is 4.34. The molecule has 0 saturated heterocycles. The van der Waals surface area contributed by atoms with E-state index in [9.17, 15) is 13.6 Å². The Morgan fingerprint density at radius 3 is 2.28 bits per heavy atom. The summed E-state index contributed by atoms with van der Waals surface area (Å²) in [6.07, 6.45) is 0. The first kappa shape index (κ1) is 20.5. The van der Waals surface area contributed by atoms with Crippen molar-refractivity contribution in [1.29, 1.82) is 0 Å². The summed E-state index contributed by atoms with van der Waals surface area (Å²) in [5.74, 6) is -0.0815. The van der Waals surface area contributed by atoms with Crippen molar-refractivity contribution in [3.8, 4) is 5.75 Å². The average molecular weight is 396 g/mol. The molecule has 0 aliphatic heterocycles. The van der Waals surface area contributed by atoms with Gasteiger partial charge in [-0.25, -0.2) is 0 Å². The normalized spacial score (nSPS) is 11.9. The van der Waals surface area contributed by atoms with E-state index in [1.165, 1.54) is 12.1 Å².